The third-order valence-corrected chi connectivity index (χ3v) is 4.64. The summed E-state index contributed by atoms with van der Waals surface area (Å²) in [6.45, 7) is 5.88. The Bertz CT molecular complexity index is 253. The summed E-state index contributed by atoms with van der Waals surface area (Å²) in [7, 11) is 0. The van der Waals surface area contributed by atoms with Crippen LogP contribution in [0.3, 0.4) is 0 Å². The van der Waals surface area contributed by atoms with E-state index in [-0.39, 0.29) is 5.41 Å². The maximum Gasteiger partial charge on any atom is 0.139 e. The van der Waals surface area contributed by atoms with Gasteiger partial charge in [-0.2, -0.15) is 0 Å². The molecular formula is C14H25NO2. The molecule has 3 nitrogen and oxygen atoms in total. The van der Waals surface area contributed by atoms with Gasteiger partial charge in [0.25, 0.3) is 0 Å². The average Bonchev–Trinajstić information content (AvgIpc) is 2.40. The summed E-state index contributed by atoms with van der Waals surface area (Å²) in [5.41, 5.74) is -0.0104. The van der Waals surface area contributed by atoms with Crippen LogP contribution in [0.4, 0.5) is 0 Å². The van der Waals surface area contributed by atoms with E-state index < -0.39 is 0 Å². The van der Waals surface area contributed by atoms with E-state index in [0.717, 1.165) is 64.8 Å². The molecule has 0 saturated carbocycles. The maximum atomic E-state index is 12.6. The van der Waals surface area contributed by atoms with Crippen molar-refractivity contribution in [1.29, 1.82) is 0 Å². The predicted octanol–water partition coefficient (Wildman–Crippen LogP) is 2.15. The molecule has 2 aliphatic heterocycles. The number of hydrogen-bond acceptors (Lipinski definition) is 3. The smallest absolute Gasteiger partial charge is 0.139 e. The monoisotopic (exact) mass is 239 g/mol. The SMILES string of the molecule is CCC1(C(=O)CC2CCOCC2)CCNCC1. The largest absolute Gasteiger partial charge is 0.381 e. The van der Waals surface area contributed by atoms with Crippen molar-refractivity contribution in [3.63, 3.8) is 0 Å². The van der Waals surface area contributed by atoms with E-state index in [1.54, 1.807) is 0 Å². The van der Waals surface area contributed by atoms with E-state index in [0.29, 0.717) is 11.7 Å². The van der Waals surface area contributed by atoms with Crippen LogP contribution in [-0.4, -0.2) is 32.1 Å². The van der Waals surface area contributed by atoms with Gasteiger partial charge in [0.15, 0.2) is 0 Å². The first kappa shape index (κ1) is 13.0. The second-order valence-corrected chi connectivity index (χ2v) is 5.57. The van der Waals surface area contributed by atoms with Crippen molar-refractivity contribution in [2.45, 2.75) is 45.4 Å². The molecule has 0 aliphatic carbocycles. The molecule has 98 valence electrons. The zero-order valence-electron chi connectivity index (χ0n) is 11.0. The van der Waals surface area contributed by atoms with Crippen LogP contribution >= 0.6 is 0 Å². The quantitative estimate of drug-likeness (QED) is 0.817. The van der Waals surface area contributed by atoms with E-state index in [4.69, 9.17) is 4.74 Å². The van der Waals surface area contributed by atoms with Crippen molar-refractivity contribution in [3.8, 4) is 0 Å². The van der Waals surface area contributed by atoms with E-state index in [2.05, 4.69) is 12.2 Å². The van der Waals surface area contributed by atoms with Gasteiger partial charge in [0.05, 0.1) is 0 Å². The second-order valence-electron chi connectivity index (χ2n) is 5.57. The number of nitrogens with one attached hydrogen (secondary N) is 1. The summed E-state index contributed by atoms with van der Waals surface area (Å²) in [5, 5.41) is 3.36. The summed E-state index contributed by atoms with van der Waals surface area (Å²) < 4.78 is 5.36. The predicted molar refractivity (Wildman–Crippen MR) is 68.0 cm³/mol. The fraction of sp³-hybridized carbons (Fsp3) is 0.929. The van der Waals surface area contributed by atoms with Crippen LogP contribution in [0, 0.1) is 11.3 Å². The summed E-state index contributed by atoms with van der Waals surface area (Å²) >= 11 is 0. The van der Waals surface area contributed by atoms with Gasteiger partial charge in [-0.15, -0.1) is 0 Å². The lowest BCUT2D eigenvalue weighted by Gasteiger charge is -2.36. The lowest BCUT2D eigenvalue weighted by molar-refractivity contribution is -0.132. The van der Waals surface area contributed by atoms with Gasteiger partial charge in [-0.25, -0.2) is 0 Å². The summed E-state index contributed by atoms with van der Waals surface area (Å²) in [6, 6.07) is 0. The van der Waals surface area contributed by atoms with E-state index in [1.165, 1.54) is 0 Å². The first-order valence-corrected chi connectivity index (χ1v) is 7.08. The van der Waals surface area contributed by atoms with Crippen molar-refractivity contribution in [2.24, 2.45) is 11.3 Å². The Morgan fingerprint density at radius 1 is 1.29 bits per heavy atom. The molecule has 0 amide bonds. The lowest BCUT2D eigenvalue weighted by atomic mass is 9.70. The molecule has 0 aromatic carbocycles. The van der Waals surface area contributed by atoms with Gasteiger partial charge >= 0.3 is 0 Å². The van der Waals surface area contributed by atoms with Crippen molar-refractivity contribution in [2.75, 3.05) is 26.3 Å². The van der Waals surface area contributed by atoms with Gasteiger partial charge in [-0.1, -0.05) is 6.92 Å². The van der Waals surface area contributed by atoms with Crippen molar-refractivity contribution in [3.05, 3.63) is 0 Å². The van der Waals surface area contributed by atoms with Gasteiger partial charge < -0.3 is 10.1 Å². The highest BCUT2D eigenvalue weighted by atomic mass is 16.5. The van der Waals surface area contributed by atoms with Gasteiger partial charge in [0.1, 0.15) is 5.78 Å². The Kier molecular flexibility index (Phi) is 4.57. The van der Waals surface area contributed by atoms with Crippen LogP contribution in [0.2, 0.25) is 0 Å². The van der Waals surface area contributed by atoms with Crippen LogP contribution in [0.15, 0.2) is 0 Å². The molecule has 3 heteroatoms. The third-order valence-electron chi connectivity index (χ3n) is 4.64. The first-order valence-electron chi connectivity index (χ1n) is 7.08. The molecule has 0 atom stereocenters. The number of carbonyl (C=O) groups is 1. The van der Waals surface area contributed by atoms with Crippen molar-refractivity contribution < 1.29 is 9.53 Å². The Labute approximate surface area is 104 Å². The Balaban J connectivity index is 1.91. The minimum Gasteiger partial charge on any atom is -0.381 e. The Morgan fingerprint density at radius 2 is 1.94 bits per heavy atom. The van der Waals surface area contributed by atoms with E-state index in [9.17, 15) is 4.79 Å². The lowest BCUT2D eigenvalue weighted by Crippen LogP contribution is -2.42. The summed E-state index contributed by atoms with van der Waals surface area (Å²) in [5.74, 6) is 1.10. The normalized spacial score (nSPS) is 25.7. The van der Waals surface area contributed by atoms with Gasteiger partial charge in [-0.05, 0) is 51.1 Å². The number of hydrogen-bond donors (Lipinski definition) is 1. The number of ether oxygens (including phenoxy) is 1. The number of carbonyl (C=O) groups excluding carboxylic acids is 1. The van der Waals surface area contributed by atoms with Crippen LogP contribution in [0.25, 0.3) is 0 Å². The standard InChI is InChI=1S/C14H25NO2/c1-2-14(5-7-15-8-6-14)13(16)11-12-3-9-17-10-4-12/h12,15H,2-11H2,1H3. The van der Waals surface area contributed by atoms with E-state index >= 15 is 0 Å². The highest BCUT2D eigenvalue weighted by Gasteiger charge is 2.38. The minimum atomic E-state index is -0.0104. The molecule has 0 aromatic heterocycles. The molecule has 0 spiro atoms. The molecule has 0 aromatic rings. The second kappa shape index (κ2) is 5.96. The van der Waals surface area contributed by atoms with Crippen LogP contribution in [0.1, 0.15) is 45.4 Å². The first-order chi connectivity index (χ1) is 8.27. The molecule has 0 radical (unpaired) electrons. The topological polar surface area (TPSA) is 38.3 Å². The molecule has 2 aliphatic rings. The number of ketones is 1. The molecular weight excluding hydrogens is 214 g/mol. The van der Waals surface area contributed by atoms with Gasteiger partial charge in [-0.3, -0.25) is 4.79 Å². The Morgan fingerprint density at radius 3 is 2.53 bits per heavy atom. The zero-order valence-corrected chi connectivity index (χ0v) is 11.0. The van der Waals surface area contributed by atoms with Crippen LogP contribution < -0.4 is 5.32 Å². The van der Waals surface area contributed by atoms with Crippen molar-refractivity contribution >= 4 is 5.78 Å². The number of piperidine rings is 1. The molecule has 1 N–H and O–H groups in total. The van der Waals surface area contributed by atoms with Gasteiger partial charge in [0.2, 0.25) is 0 Å². The molecule has 17 heavy (non-hydrogen) atoms. The molecule has 2 heterocycles. The van der Waals surface area contributed by atoms with Crippen molar-refractivity contribution in [1.82, 2.24) is 5.32 Å². The molecule has 0 unspecified atom stereocenters. The minimum absolute atomic E-state index is 0.0104. The summed E-state index contributed by atoms with van der Waals surface area (Å²) in [6.07, 6.45) is 6.01. The number of Topliss-reactive ketones (excluding diaryl/α,β-unsaturated/α-hetero) is 1. The number of rotatable bonds is 4. The molecule has 2 saturated heterocycles. The average molecular weight is 239 g/mol. The highest BCUT2D eigenvalue weighted by molar-refractivity contribution is 5.85. The zero-order chi connectivity index (χ0) is 12.1. The molecule has 0 bridgehead atoms. The maximum absolute atomic E-state index is 12.6. The van der Waals surface area contributed by atoms with Crippen LogP contribution in [-0.2, 0) is 9.53 Å². The molecule has 2 fully saturated rings. The fourth-order valence-corrected chi connectivity index (χ4v) is 3.16. The fourth-order valence-electron chi connectivity index (χ4n) is 3.16. The highest BCUT2D eigenvalue weighted by Crippen LogP contribution is 2.36. The molecule has 2 rings (SSSR count). The van der Waals surface area contributed by atoms with Gasteiger partial charge in [0, 0.05) is 25.0 Å². The Hall–Kier alpha value is -0.410. The van der Waals surface area contributed by atoms with E-state index in [1.807, 2.05) is 0 Å². The summed E-state index contributed by atoms with van der Waals surface area (Å²) in [4.78, 5) is 12.6. The third kappa shape index (κ3) is 3.08. The van der Waals surface area contributed by atoms with Crippen LogP contribution in [0.5, 0.6) is 0 Å².